The van der Waals surface area contributed by atoms with Crippen LogP contribution in [-0.2, 0) is 23.8 Å². The van der Waals surface area contributed by atoms with Gasteiger partial charge >= 0.3 is 5.97 Å². The summed E-state index contributed by atoms with van der Waals surface area (Å²) >= 11 is 0. The van der Waals surface area contributed by atoms with Crippen LogP contribution in [0.5, 0.6) is 0 Å². The second-order valence-corrected chi connectivity index (χ2v) is 9.37. The lowest BCUT2D eigenvalue weighted by Gasteiger charge is -2.17. The standard InChI is InChI=1S/C26H42O5/c1-5-7-13-23-24(31-26(3,4)30-23)18-16-20-15-17-22(27)21(20)12-10-8-9-11-14-25(28)29-19-6-2/h6,16,18,20-21,23-24H,2,5,7-15,17,19H2,1,3-4H3/t20-,21-,23+,24+/m1/s1. The van der Waals surface area contributed by atoms with Gasteiger partial charge in [-0.25, -0.2) is 0 Å². The number of ketones is 1. The van der Waals surface area contributed by atoms with E-state index in [1.54, 1.807) is 6.08 Å². The predicted octanol–water partition coefficient (Wildman–Crippen LogP) is 5.92. The van der Waals surface area contributed by atoms with E-state index in [1.807, 2.05) is 13.8 Å². The zero-order valence-electron chi connectivity index (χ0n) is 19.8. The topological polar surface area (TPSA) is 61.8 Å². The van der Waals surface area contributed by atoms with Crippen LogP contribution in [0, 0.1) is 11.8 Å². The third kappa shape index (κ3) is 8.89. The molecule has 0 amide bonds. The van der Waals surface area contributed by atoms with Crippen molar-refractivity contribution in [2.45, 2.75) is 109 Å². The Balaban J connectivity index is 1.75. The highest BCUT2D eigenvalue weighted by molar-refractivity contribution is 5.83. The van der Waals surface area contributed by atoms with E-state index >= 15 is 0 Å². The maximum absolute atomic E-state index is 12.4. The highest BCUT2D eigenvalue weighted by Gasteiger charge is 2.40. The molecule has 0 bridgehead atoms. The first kappa shape index (κ1) is 25.8. The number of Topliss-reactive ketones (excluding diaryl/α,β-unsaturated/α-hetero) is 1. The van der Waals surface area contributed by atoms with Gasteiger partial charge < -0.3 is 14.2 Å². The Kier molecular flexibility index (Phi) is 11.0. The van der Waals surface area contributed by atoms with Crippen molar-refractivity contribution in [3.63, 3.8) is 0 Å². The van der Waals surface area contributed by atoms with Crippen LogP contribution in [0.25, 0.3) is 0 Å². The zero-order valence-corrected chi connectivity index (χ0v) is 19.8. The summed E-state index contributed by atoms with van der Waals surface area (Å²) < 4.78 is 17.2. The SMILES string of the molecule is C=CCOC(=O)CCCCCC[C@H]1C(=O)CC[C@@H]1C=C[C@@H]1OC(C)(C)O[C@H]1CCCC. The Morgan fingerprint density at radius 2 is 1.90 bits per heavy atom. The van der Waals surface area contributed by atoms with Gasteiger partial charge in [0.2, 0.25) is 0 Å². The normalized spacial score (nSPS) is 27.8. The van der Waals surface area contributed by atoms with Gasteiger partial charge in [0, 0.05) is 18.8 Å². The van der Waals surface area contributed by atoms with Crippen molar-refractivity contribution in [2.75, 3.05) is 6.61 Å². The molecule has 5 heteroatoms. The molecule has 2 fully saturated rings. The summed E-state index contributed by atoms with van der Waals surface area (Å²) in [6.45, 7) is 9.96. The molecule has 0 unspecified atom stereocenters. The van der Waals surface area contributed by atoms with Crippen molar-refractivity contribution in [1.82, 2.24) is 0 Å². The van der Waals surface area contributed by atoms with E-state index in [9.17, 15) is 9.59 Å². The quantitative estimate of drug-likeness (QED) is 0.193. The summed E-state index contributed by atoms with van der Waals surface area (Å²) in [6, 6.07) is 0. The fraction of sp³-hybridized carbons (Fsp3) is 0.769. The maximum Gasteiger partial charge on any atom is 0.306 e. The van der Waals surface area contributed by atoms with E-state index in [4.69, 9.17) is 14.2 Å². The average molecular weight is 435 g/mol. The molecule has 1 saturated heterocycles. The molecule has 1 aliphatic heterocycles. The van der Waals surface area contributed by atoms with E-state index in [-0.39, 0.29) is 30.7 Å². The Labute approximate surface area is 188 Å². The minimum absolute atomic E-state index is 0.0289. The highest BCUT2D eigenvalue weighted by atomic mass is 16.7. The van der Waals surface area contributed by atoms with E-state index in [2.05, 4.69) is 25.7 Å². The van der Waals surface area contributed by atoms with Crippen LogP contribution in [-0.4, -0.2) is 36.4 Å². The lowest BCUT2D eigenvalue weighted by molar-refractivity contribution is -0.143. The van der Waals surface area contributed by atoms with Crippen molar-refractivity contribution < 1.29 is 23.8 Å². The average Bonchev–Trinajstić information content (AvgIpc) is 3.23. The molecule has 0 aromatic carbocycles. The van der Waals surface area contributed by atoms with E-state index < -0.39 is 5.79 Å². The molecule has 0 spiro atoms. The van der Waals surface area contributed by atoms with Crippen molar-refractivity contribution >= 4 is 11.8 Å². The number of ether oxygens (including phenoxy) is 3. The van der Waals surface area contributed by atoms with Crippen LogP contribution in [0.3, 0.4) is 0 Å². The fourth-order valence-corrected chi connectivity index (χ4v) is 4.66. The molecule has 31 heavy (non-hydrogen) atoms. The van der Waals surface area contributed by atoms with Gasteiger partial charge in [0.25, 0.3) is 0 Å². The first-order chi connectivity index (χ1) is 14.9. The molecule has 4 atom stereocenters. The molecule has 176 valence electrons. The number of rotatable bonds is 14. The molecule has 5 nitrogen and oxygen atoms in total. The molecule has 0 N–H and O–H groups in total. The fourth-order valence-electron chi connectivity index (χ4n) is 4.66. The van der Waals surface area contributed by atoms with E-state index in [0.29, 0.717) is 24.5 Å². The maximum atomic E-state index is 12.4. The number of esters is 1. The molecular formula is C26H42O5. The third-order valence-corrected chi connectivity index (χ3v) is 6.27. The Bertz CT molecular complexity index is 609. The van der Waals surface area contributed by atoms with Crippen molar-refractivity contribution in [2.24, 2.45) is 11.8 Å². The largest absolute Gasteiger partial charge is 0.461 e. The summed E-state index contributed by atoms with van der Waals surface area (Å²) in [5, 5.41) is 0. The molecule has 1 heterocycles. The monoisotopic (exact) mass is 434 g/mol. The van der Waals surface area contributed by atoms with Crippen LogP contribution in [0.4, 0.5) is 0 Å². The smallest absolute Gasteiger partial charge is 0.306 e. The second-order valence-electron chi connectivity index (χ2n) is 9.37. The number of carbonyl (C=O) groups excluding carboxylic acids is 2. The molecule has 2 rings (SSSR count). The molecule has 1 saturated carbocycles. The molecule has 2 aliphatic rings. The summed E-state index contributed by atoms with van der Waals surface area (Å²) in [4.78, 5) is 23.9. The Morgan fingerprint density at radius 1 is 1.13 bits per heavy atom. The third-order valence-electron chi connectivity index (χ3n) is 6.27. The first-order valence-corrected chi connectivity index (χ1v) is 12.2. The number of allylic oxidation sites excluding steroid dienone is 1. The van der Waals surface area contributed by atoms with Crippen LogP contribution in [0.15, 0.2) is 24.8 Å². The van der Waals surface area contributed by atoms with Gasteiger partial charge in [-0.2, -0.15) is 0 Å². The van der Waals surface area contributed by atoms with Gasteiger partial charge in [0.1, 0.15) is 18.5 Å². The second kappa shape index (κ2) is 13.2. The highest BCUT2D eigenvalue weighted by Crippen LogP contribution is 2.36. The van der Waals surface area contributed by atoms with Crippen LogP contribution < -0.4 is 0 Å². The molecule has 0 radical (unpaired) electrons. The van der Waals surface area contributed by atoms with E-state index in [0.717, 1.165) is 57.8 Å². The van der Waals surface area contributed by atoms with Crippen LogP contribution in [0.1, 0.15) is 91.4 Å². The van der Waals surface area contributed by atoms with Crippen molar-refractivity contribution in [1.29, 1.82) is 0 Å². The number of hydrogen-bond donors (Lipinski definition) is 0. The van der Waals surface area contributed by atoms with Gasteiger partial charge in [-0.3, -0.25) is 9.59 Å². The van der Waals surface area contributed by atoms with Gasteiger partial charge in [0.05, 0.1) is 6.10 Å². The predicted molar refractivity (Wildman–Crippen MR) is 123 cm³/mol. The minimum atomic E-state index is -0.545. The van der Waals surface area contributed by atoms with Crippen LogP contribution in [0.2, 0.25) is 0 Å². The molecular weight excluding hydrogens is 392 g/mol. The van der Waals surface area contributed by atoms with Crippen molar-refractivity contribution in [3.05, 3.63) is 24.8 Å². The Hall–Kier alpha value is -1.46. The van der Waals surface area contributed by atoms with Gasteiger partial charge in [-0.05, 0) is 45.4 Å². The summed E-state index contributed by atoms with van der Waals surface area (Å²) in [6.07, 6.45) is 16.2. The van der Waals surface area contributed by atoms with Crippen LogP contribution >= 0.6 is 0 Å². The van der Waals surface area contributed by atoms with Gasteiger partial charge in [-0.15, -0.1) is 0 Å². The summed E-state index contributed by atoms with van der Waals surface area (Å²) in [5.74, 6) is 0.124. The lowest BCUT2D eigenvalue weighted by Crippen LogP contribution is -2.21. The zero-order chi connectivity index (χ0) is 22.7. The molecule has 1 aliphatic carbocycles. The molecule has 0 aromatic rings. The lowest BCUT2D eigenvalue weighted by atomic mass is 9.89. The Morgan fingerprint density at radius 3 is 2.65 bits per heavy atom. The molecule has 0 aromatic heterocycles. The minimum Gasteiger partial charge on any atom is -0.461 e. The number of unbranched alkanes of at least 4 members (excludes halogenated alkanes) is 4. The summed E-state index contributed by atoms with van der Waals surface area (Å²) in [7, 11) is 0. The number of carbonyl (C=O) groups is 2. The first-order valence-electron chi connectivity index (χ1n) is 12.2. The van der Waals surface area contributed by atoms with Crippen molar-refractivity contribution in [3.8, 4) is 0 Å². The number of hydrogen-bond acceptors (Lipinski definition) is 5. The van der Waals surface area contributed by atoms with E-state index in [1.165, 1.54) is 0 Å². The van der Waals surface area contributed by atoms with Gasteiger partial charge in [0.15, 0.2) is 5.79 Å². The summed E-state index contributed by atoms with van der Waals surface area (Å²) in [5.41, 5.74) is 0. The van der Waals surface area contributed by atoms with Gasteiger partial charge in [-0.1, -0.05) is 63.8 Å².